The highest BCUT2D eigenvalue weighted by molar-refractivity contribution is 6.31. The second-order valence-corrected chi connectivity index (χ2v) is 7.63. The number of ether oxygens (including phenoxy) is 1. The molecule has 0 saturated heterocycles. The van der Waals surface area contributed by atoms with Gasteiger partial charge in [0, 0.05) is 30.1 Å². The van der Waals surface area contributed by atoms with Crippen LogP contribution in [0.1, 0.15) is 25.0 Å². The molecular weight excluding hydrogens is 449 g/mol. The van der Waals surface area contributed by atoms with Gasteiger partial charge in [0.15, 0.2) is 0 Å². The van der Waals surface area contributed by atoms with Crippen LogP contribution in [0.25, 0.3) is 10.8 Å². The van der Waals surface area contributed by atoms with Crippen molar-refractivity contribution in [1.82, 2.24) is 9.88 Å². The van der Waals surface area contributed by atoms with Gasteiger partial charge in [0.25, 0.3) is 0 Å². The number of nitrogens with zero attached hydrogens (tertiary/aromatic N) is 2. The minimum Gasteiger partial charge on any atom is -0.447 e. The molecule has 2 N–H and O–H groups in total. The Morgan fingerprint density at radius 2 is 1.97 bits per heavy atom. The summed E-state index contributed by atoms with van der Waals surface area (Å²) in [6.07, 6.45) is 1.47. The molecule has 0 saturated carbocycles. The number of fused-ring (bicyclic) bond motifs is 1. The number of carbonyl (C=O) groups is 2. The average Bonchev–Trinajstić information content (AvgIpc) is 2.77. The molecule has 1 heterocycles. The van der Waals surface area contributed by atoms with Crippen molar-refractivity contribution in [3.05, 3.63) is 70.6 Å². The molecule has 0 aliphatic carbocycles. The Kier molecular flexibility index (Phi) is 9.57. The van der Waals surface area contributed by atoms with Crippen molar-refractivity contribution >= 4 is 40.2 Å². The molecular formula is C24H27ClFN3O4. The number of aliphatic hydroxyl groups is 1. The van der Waals surface area contributed by atoms with E-state index in [1.807, 2.05) is 0 Å². The highest BCUT2D eigenvalue weighted by Gasteiger charge is 2.12. The lowest BCUT2D eigenvalue weighted by atomic mass is 10.1. The number of hydrogen-bond donors (Lipinski definition) is 2. The van der Waals surface area contributed by atoms with Crippen molar-refractivity contribution in [2.45, 2.75) is 26.9 Å². The van der Waals surface area contributed by atoms with Gasteiger partial charge in [-0.25, -0.2) is 14.2 Å². The number of rotatable bonds is 8. The van der Waals surface area contributed by atoms with Crippen molar-refractivity contribution in [2.75, 3.05) is 25.5 Å². The first kappa shape index (κ1) is 26.0. The number of carbonyl (C=O) groups excluding carboxylic acids is 2. The number of likely N-dealkylation sites (N-methyl/N-ethyl adjacent to an activating group) is 1. The van der Waals surface area contributed by atoms with Gasteiger partial charge in [-0.15, -0.1) is 0 Å². The summed E-state index contributed by atoms with van der Waals surface area (Å²) < 4.78 is 18.5. The lowest BCUT2D eigenvalue weighted by Crippen LogP contribution is -2.31. The van der Waals surface area contributed by atoms with Crippen molar-refractivity contribution in [3.8, 4) is 0 Å². The number of anilines is 1. The molecule has 7 nitrogen and oxygen atoms in total. The van der Waals surface area contributed by atoms with E-state index >= 15 is 0 Å². The van der Waals surface area contributed by atoms with Gasteiger partial charge in [0.1, 0.15) is 18.2 Å². The Morgan fingerprint density at radius 3 is 2.73 bits per heavy atom. The largest absolute Gasteiger partial charge is 0.447 e. The summed E-state index contributed by atoms with van der Waals surface area (Å²) in [5.74, 6) is -0.273. The molecule has 33 heavy (non-hydrogen) atoms. The Bertz CT molecular complexity index is 1130. The van der Waals surface area contributed by atoms with E-state index in [0.29, 0.717) is 16.8 Å². The smallest absolute Gasteiger partial charge is 0.412 e. The van der Waals surface area contributed by atoms with Gasteiger partial charge in [-0.1, -0.05) is 31.2 Å². The van der Waals surface area contributed by atoms with Gasteiger partial charge in [-0.3, -0.25) is 10.1 Å². The van der Waals surface area contributed by atoms with Gasteiger partial charge in [0.05, 0.1) is 13.2 Å². The van der Waals surface area contributed by atoms with Gasteiger partial charge < -0.3 is 14.7 Å². The molecule has 2 amide bonds. The molecule has 0 unspecified atom stereocenters. The SMILES string of the molecule is C.CN(CCOC(=O)Nc1cc2cc(F)ccc2cn1)C(=O)CCc1cc(CO)ccc1Cl. The van der Waals surface area contributed by atoms with Crippen LogP contribution in [0.4, 0.5) is 15.0 Å². The Morgan fingerprint density at radius 1 is 1.18 bits per heavy atom. The number of aryl methyl sites for hydroxylation is 1. The van der Waals surface area contributed by atoms with Crippen molar-refractivity contribution in [1.29, 1.82) is 0 Å². The van der Waals surface area contributed by atoms with Crippen molar-refractivity contribution in [3.63, 3.8) is 0 Å². The number of hydrogen-bond acceptors (Lipinski definition) is 5. The molecule has 0 bridgehead atoms. The number of aliphatic hydroxyl groups excluding tert-OH is 1. The number of benzene rings is 2. The molecule has 2 aromatic carbocycles. The molecule has 9 heteroatoms. The summed E-state index contributed by atoms with van der Waals surface area (Å²) in [5.41, 5.74) is 1.52. The summed E-state index contributed by atoms with van der Waals surface area (Å²) in [6.45, 7) is 0.118. The van der Waals surface area contributed by atoms with Crippen LogP contribution in [0.3, 0.4) is 0 Å². The summed E-state index contributed by atoms with van der Waals surface area (Å²) in [6, 6.07) is 11.0. The summed E-state index contributed by atoms with van der Waals surface area (Å²) in [4.78, 5) is 29.9. The van der Waals surface area contributed by atoms with Crippen LogP contribution < -0.4 is 5.32 Å². The lowest BCUT2D eigenvalue weighted by molar-refractivity contribution is -0.130. The first-order valence-corrected chi connectivity index (χ1v) is 10.3. The van der Waals surface area contributed by atoms with Gasteiger partial charge in [-0.05, 0) is 53.3 Å². The third-order valence-corrected chi connectivity index (χ3v) is 5.27. The molecule has 1 aromatic heterocycles. The second-order valence-electron chi connectivity index (χ2n) is 7.22. The molecule has 0 aliphatic rings. The van der Waals surface area contributed by atoms with E-state index in [9.17, 15) is 19.1 Å². The zero-order valence-electron chi connectivity index (χ0n) is 17.5. The second kappa shape index (κ2) is 12.1. The quantitative estimate of drug-likeness (QED) is 0.488. The molecule has 176 valence electrons. The number of nitrogens with one attached hydrogen (secondary N) is 1. The topological polar surface area (TPSA) is 91.8 Å². The van der Waals surface area contributed by atoms with E-state index in [4.69, 9.17) is 16.3 Å². The molecule has 0 atom stereocenters. The van der Waals surface area contributed by atoms with Crippen LogP contribution in [-0.2, 0) is 22.6 Å². The summed E-state index contributed by atoms with van der Waals surface area (Å²) >= 11 is 6.15. The van der Waals surface area contributed by atoms with E-state index in [-0.39, 0.29) is 51.1 Å². The van der Waals surface area contributed by atoms with E-state index in [2.05, 4.69) is 10.3 Å². The van der Waals surface area contributed by atoms with E-state index in [1.54, 1.807) is 37.4 Å². The maximum absolute atomic E-state index is 13.4. The average molecular weight is 476 g/mol. The van der Waals surface area contributed by atoms with Crippen LogP contribution in [0.2, 0.25) is 5.02 Å². The van der Waals surface area contributed by atoms with Gasteiger partial charge >= 0.3 is 6.09 Å². The molecule has 0 radical (unpaired) electrons. The molecule has 0 aliphatic heterocycles. The fraction of sp³-hybridized carbons (Fsp3) is 0.292. The highest BCUT2D eigenvalue weighted by atomic mass is 35.5. The van der Waals surface area contributed by atoms with E-state index in [1.165, 1.54) is 23.2 Å². The van der Waals surface area contributed by atoms with Crippen molar-refractivity contribution < 1.29 is 23.8 Å². The Hall–Kier alpha value is -3.23. The van der Waals surface area contributed by atoms with Crippen LogP contribution in [0.5, 0.6) is 0 Å². The fourth-order valence-electron chi connectivity index (χ4n) is 3.07. The third kappa shape index (κ3) is 7.40. The number of pyridine rings is 1. The van der Waals surface area contributed by atoms with Gasteiger partial charge in [0.2, 0.25) is 5.91 Å². The maximum atomic E-state index is 13.4. The van der Waals surface area contributed by atoms with Crippen LogP contribution in [0.15, 0.2) is 48.7 Å². The van der Waals surface area contributed by atoms with Crippen LogP contribution >= 0.6 is 11.6 Å². The Balaban J connectivity index is 0.00000385. The van der Waals surface area contributed by atoms with Crippen molar-refractivity contribution in [2.24, 2.45) is 0 Å². The number of aromatic nitrogens is 1. The zero-order valence-corrected chi connectivity index (χ0v) is 18.2. The predicted molar refractivity (Wildman–Crippen MR) is 127 cm³/mol. The third-order valence-electron chi connectivity index (χ3n) is 4.90. The zero-order chi connectivity index (χ0) is 23.1. The molecule has 3 aromatic rings. The standard InChI is InChI=1S/C23H23ClFN3O4.CH4/c1-28(22(30)7-4-16-10-15(14-29)2-6-20(16)24)8-9-32-23(31)27-21-12-18-11-19(25)5-3-17(18)13-26-21;/h2-3,5-6,10-13,29H,4,7-9,14H2,1H3,(H,26,27,31);1H4. The lowest BCUT2D eigenvalue weighted by Gasteiger charge is -2.17. The minimum atomic E-state index is -0.721. The molecule has 0 spiro atoms. The first-order valence-electron chi connectivity index (χ1n) is 9.97. The number of amides is 2. The fourth-order valence-corrected chi connectivity index (χ4v) is 3.28. The minimum absolute atomic E-state index is 0. The van der Waals surface area contributed by atoms with Crippen LogP contribution in [0, 0.1) is 5.82 Å². The predicted octanol–water partition coefficient (Wildman–Crippen LogP) is 4.80. The first-order chi connectivity index (χ1) is 15.4. The number of halogens is 2. The Labute approximate surface area is 197 Å². The summed E-state index contributed by atoms with van der Waals surface area (Å²) in [5, 5.41) is 13.6. The molecule has 0 fully saturated rings. The molecule has 3 rings (SSSR count). The van der Waals surface area contributed by atoms with Gasteiger partial charge in [-0.2, -0.15) is 0 Å². The van der Waals surface area contributed by atoms with E-state index < -0.39 is 6.09 Å². The normalized spacial score (nSPS) is 10.4. The summed E-state index contributed by atoms with van der Waals surface area (Å²) in [7, 11) is 1.62. The monoisotopic (exact) mass is 475 g/mol. The highest BCUT2D eigenvalue weighted by Crippen LogP contribution is 2.20. The van der Waals surface area contributed by atoms with Crippen LogP contribution in [-0.4, -0.2) is 47.2 Å². The maximum Gasteiger partial charge on any atom is 0.412 e. The van der Waals surface area contributed by atoms with E-state index in [0.717, 1.165) is 16.5 Å².